The lowest BCUT2D eigenvalue weighted by atomic mass is 10.1. The van der Waals surface area contributed by atoms with Crippen LogP contribution < -0.4 is 0 Å². The molecule has 1 atom stereocenters. The summed E-state index contributed by atoms with van der Waals surface area (Å²) >= 11 is 7.89. The van der Waals surface area contributed by atoms with E-state index in [0.717, 1.165) is 23.3 Å². The van der Waals surface area contributed by atoms with Gasteiger partial charge in [-0.3, -0.25) is 4.79 Å². The zero-order valence-corrected chi connectivity index (χ0v) is 11.4. The van der Waals surface area contributed by atoms with Gasteiger partial charge in [-0.15, -0.1) is 22.9 Å². The van der Waals surface area contributed by atoms with Crippen molar-refractivity contribution in [3.05, 3.63) is 57.3 Å². The van der Waals surface area contributed by atoms with Crippen LogP contribution >= 0.6 is 22.9 Å². The summed E-state index contributed by atoms with van der Waals surface area (Å²) in [7, 11) is 0. The standard InChI is InChI=1S/C15H13ClOS/c16-14(10-5-2-1-3-6-10)15(17)13-9-11-7-4-8-12(11)18-13/h1-3,5-6,9,14H,4,7-8H2. The van der Waals surface area contributed by atoms with Gasteiger partial charge < -0.3 is 0 Å². The maximum Gasteiger partial charge on any atom is 0.195 e. The zero-order valence-electron chi connectivity index (χ0n) is 9.86. The van der Waals surface area contributed by atoms with Crippen molar-refractivity contribution in [3.8, 4) is 0 Å². The molecule has 18 heavy (non-hydrogen) atoms. The van der Waals surface area contributed by atoms with Crippen LogP contribution in [0.5, 0.6) is 0 Å². The first-order chi connectivity index (χ1) is 8.75. The van der Waals surface area contributed by atoms with Crippen LogP contribution in [0.15, 0.2) is 36.4 Å². The molecule has 0 N–H and O–H groups in total. The van der Waals surface area contributed by atoms with E-state index >= 15 is 0 Å². The fourth-order valence-electron chi connectivity index (χ4n) is 2.35. The average Bonchev–Trinajstić information content (AvgIpc) is 2.99. The minimum absolute atomic E-state index is 0.0299. The van der Waals surface area contributed by atoms with Gasteiger partial charge in [-0.25, -0.2) is 0 Å². The number of thiophene rings is 1. The van der Waals surface area contributed by atoms with E-state index in [1.165, 1.54) is 16.9 Å². The molecule has 3 heteroatoms. The topological polar surface area (TPSA) is 17.1 Å². The highest BCUT2D eigenvalue weighted by atomic mass is 35.5. The van der Waals surface area contributed by atoms with E-state index in [4.69, 9.17) is 11.6 Å². The van der Waals surface area contributed by atoms with E-state index in [1.54, 1.807) is 11.3 Å². The minimum Gasteiger partial charge on any atom is -0.291 e. The second-order valence-corrected chi connectivity index (χ2v) is 6.12. The number of hydrogen-bond acceptors (Lipinski definition) is 2. The number of carbonyl (C=O) groups is 1. The number of fused-ring (bicyclic) bond motifs is 1. The smallest absolute Gasteiger partial charge is 0.195 e. The van der Waals surface area contributed by atoms with E-state index < -0.39 is 5.38 Å². The average molecular weight is 277 g/mol. The molecule has 1 aliphatic carbocycles. The van der Waals surface area contributed by atoms with E-state index in [9.17, 15) is 4.79 Å². The lowest BCUT2D eigenvalue weighted by Gasteiger charge is -2.07. The molecule has 1 aliphatic rings. The molecular formula is C15H13ClOS. The molecule has 92 valence electrons. The van der Waals surface area contributed by atoms with Crippen LogP contribution in [0.3, 0.4) is 0 Å². The predicted octanol–water partition coefficient (Wildman–Crippen LogP) is 4.40. The summed E-state index contributed by atoms with van der Waals surface area (Å²) in [5.74, 6) is 0.0299. The molecule has 2 aromatic rings. The largest absolute Gasteiger partial charge is 0.291 e. The van der Waals surface area contributed by atoms with Gasteiger partial charge in [0.25, 0.3) is 0 Å². The summed E-state index contributed by atoms with van der Waals surface area (Å²) in [5.41, 5.74) is 2.22. The fraction of sp³-hybridized carbons (Fsp3) is 0.267. The van der Waals surface area contributed by atoms with E-state index in [2.05, 4.69) is 0 Å². The maximum atomic E-state index is 12.3. The molecule has 1 unspecified atom stereocenters. The first-order valence-corrected chi connectivity index (χ1v) is 7.36. The van der Waals surface area contributed by atoms with Crippen molar-refractivity contribution in [3.63, 3.8) is 0 Å². The summed E-state index contributed by atoms with van der Waals surface area (Å²) in [5, 5.41) is -0.565. The van der Waals surface area contributed by atoms with Gasteiger partial charge in [0.15, 0.2) is 5.78 Å². The molecule has 0 bridgehead atoms. The Morgan fingerprint density at radius 1 is 1.22 bits per heavy atom. The molecule has 0 fully saturated rings. The summed E-state index contributed by atoms with van der Waals surface area (Å²) < 4.78 is 0. The molecule has 1 aromatic heterocycles. The van der Waals surface area contributed by atoms with Crippen LogP contribution in [-0.4, -0.2) is 5.78 Å². The number of benzene rings is 1. The number of rotatable bonds is 3. The van der Waals surface area contributed by atoms with Crippen molar-refractivity contribution in [2.24, 2.45) is 0 Å². The number of ketones is 1. The first kappa shape index (κ1) is 11.9. The molecule has 1 nitrogen and oxygen atoms in total. The Balaban J connectivity index is 1.86. The molecule has 0 amide bonds. The highest BCUT2D eigenvalue weighted by Crippen LogP contribution is 2.34. The molecule has 0 spiro atoms. The second kappa shape index (κ2) is 4.87. The normalized spacial score (nSPS) is 15.4. The van der Waals surface area contributed by atoms with Crippen LogP contribution in [0.2, 0.25) is 0 Å². The fourth-order valence-corrected chi connectivity index (χ4v) is 3.90. The summed E-state index contributed by atoms with van der Waals surface area (Å²) in [6, 6.07) is 11.6. The summed E-state index contributed by atoms with van der Waals surface area (Å²) in [6.45, 7) is 0. The van der Waals surface area contributed by atoms with E-state index in [0.29, 0.717) is 0 Å². The molecule has 0 saturated heterocycles. The SMILES string of the molecule is O=C(c1cc2c(s1)CCC2)C(Cl)c1ccccc1. The monoisotopic (exact) mass is 276 g/mol. The second-order valence-electron chi connectivity index (χ2n) is 4.55. The van der Waals surface area contributed by atoms with Gasteiger partial charge in [-0.05, 0) is 36.5 Å². The highest BCUT2D eigenvalue weighted by Gasteiger charge is 2.24. The molecule has 0 radical (unpaired) electrons. The molecular weight excluding hydrogens is 264 g/mol. The lowest BCUT2D eigenvalue weighted by molar-refractivity contribution is 0.0991. The first-order valence-electron chi connectivity index (χ1n) is 6.10. The van der Waals surface area contributed by atoms with Crippen LogP contribution in [0.1, 0.15) is 37.5 Å². The Labute approximate surface area is 115 Å². The highest BCUT2D eigenvalue weighted by molar-refractivity contribution is 7.14. The minimum atomic E-state index is -0.565. The third kappa shape index (κ3) is 2.11. The van der Waals surface area contributed by atoms with Crippen molar-refractivity contribution in [2.45, 2.75) is 24.6 Å². The molecule has 3 rings (SSSR count). The summed E-state index contributed by atoms with van der Waals surface area (Å²) in [6.07, 6.45) is 3.45. The maximum absolute atomic E-state index is 12.3. The van der Waals surface area contributed by atoms with Gasteiger partial charge >= 0.3 is 0 Å². The van der Waals surface area contributed by atoms with Gasteiger partial charge in [0.1, 0.15) is 5.38 Å². The Morgan fingerprint density at radius 3 is 2.72 bits per heavy atom. The van der Waals surface area contributed by atoms with Crippen molar-refractivity contribution in [2.75, 3.05) is 0 Å². The Bertz CT molecular complexity index is 552. The van der Waals surface area contributed by atoms with Crippen LogP contribution in [0, 0.1) is 0 Å². The quantitative estimate of drug-likeness (QED) is 0.600. The van der Waals surface area contributed by atoms with Gasteiger partial charge in [0, 0.05) is 4.88 Å². The summed E-state index contributed by atoms with van der Waals surface area (Å²) in [4.78, 5) is 14.5. The van der Waals surface area contributed by atoms with Crippen LogP contribution in [0.4, 0.5) is 0 Å². The number of Topliss-reactive ketones (excluding diaryl/α,β-unsaturated/α-hetero) is 1. The number of aryl methyl sites for hydroxylation is 2. The van der Waals surface area contributed by atoms with Crippen LogP contribution in [0.25, 0.3) is 0 Å². The molecule has 0 aliphatic heterocycles. The number of carbonyl (C=O) groups excluding carboxylic acids is 1. The predicted molar refractivity (Wildman–Crippen MR) is 75.7 cm³/mol. The van der Waals surface area contributed by atoms with Crippen molar-refractivity contribution in [1.82, 2.24) is 0 Å². The van der Waals surface area contributed by atoms with Gasteiger partial charge in [0.2, 0.25) is 0 Å². The van der Waals surface area contributed by atoms with Crippen LogP contribution in [-0.2, 0) is 12.8 Å². The lowest BCUT2D eigenvalue weighted by Crippen LogP contribution is -2.05. The van der Waals surface area contributed by atoms with Crippen molar-refractivity contribution < 1.29 is 4.79 Å². The number of halogens is 1. The zero-order chi connectivity index (χ0) is 12.5. The van der Waals surface area contributed by atoms with E-state index in [-0.39, 0.29) is 5.78 Å². The molecule has 1 heterocycles. The Kier molecular flexibility index (Phi) is 3.23. The molecule has 1 aromatic carbocycles. The van der Waals surface area contributed by atoms with Crippen molar-refractivity contribution in [1.29, 1.82) is 0 Å². The van der Waals surface area contributed by atoms with Crippen molar-refractivity contribution >= 4 is 28.7 Å². The van der Waals surface area contributed by atoms with E-state index in [1.807, 2.05) is 36.4 Å². The number of alkyl halides is 1. The van der Waals surface area contributed by atoms with Gasteiger partial charge in [-0.2, -0.15) is 0 Å². The van der Waals surface area contributed by atoms with Gasteiger partial charge in [0.05, 0.1) is 4.88 Å². The number of hydrogen-bond donors (Lipinski definition) is 0. The third-order valence-electron chi connectivity index (χ3n) is 3.31. The van der Waals surface area contributed by atoms with Gasteiger partial charge in [-0.1, -0.05) is 30.3 Å². The molecule has 0 saturated carbocycles. The third-order valence-corrected chi connectivity index (χ3v) is 5.01. The Hall–Kier alpha value is -1.12. The Morgan fingerprint density at radius 2 is 2.00 bits per heavy atom.